The van der Waals surface area contributed by atoms with Crippen molar-refractivity contribution >= 4 is 0 Å². The van der Waals surface area contributed by atoms with Gasteiger partial charge in [-0.15, -0.1) is 6.58 Å². The van der Waals surface area contributed by atoms with Gasteiger partial charge in [0.2, 0.25) is 0 Å². The molecule has 0 aromatic rings. The third kappa shape index (κ3) is 3.87. The average molecular weight is 230 g/mol. The lowest BCUT2D eigenvalue weighted by molar-refractivity contribution is -0.273. The Kier molecular flexibility index (Phi) is 5.41. The number of ether oxygens (including phenoxy) is 2. The summed E-state index contributed by atoms with van der Waals surface area (Å²) in [5, 5.41) is 19.2. The van der Waals surface area contributed by atoms with E-state index in [1.807, 2.05) is 13.0 Å². The van der Waals surface area contributed by atoms with E-state index < -0.39 is 18.5 Å². The Hall–Kier alpha value is -0.420. The van der Waals surface area contributed by atoms with Crippen LogP contribution in [0.1, 0.15) is 33.1 Å². The van der Waals surface area contributed by atoms with Crippen molar-refractivity contribution < 1.29 is 19.7 Å². The number of aliphatic hydroxyl groups excluding tert-OH is 2. The summed E-state index contributed by atoms with van der Waals surface area (Å²) >= 11 is 0. The summed E-state index contributed by atoms with van der Waals surface area (Å²) in [6.45, 7) is 7.37. The maximum absolute atomic E-state index is 9.70. The Bertz CT molecular complexity index is 219. The highest BCUT2D eigenvalue weighted by Gasteiger charge is 2.35. The van der Waals surface area contributed by atoms with Crippen LogP contribution in [0.15, 0.2) is 12.7 Å². The van der Waals surface area contributed by atoms with Crippen LogP contribution in [0.2, 0.25) is 0 Å². The molecular weight excluding hydrogens is 208 g/mol. The maximum Gasteiger partial charge on any atom is 0.184 e. The smallest absolute Gasteiger partial charge is 0.184 e. The lowest BCUT2D eigenvalue weighted by Gasteiger charge is -2.36. The van der Waals surface area contributed by atoms with Gasteiger partial charge in [0, 0.05) is 6.42 Å². The zero-order valence-electron chi connectivity index (χ0n) is 10.0. The number of hydrogen-bond acceptors (Lipinski definition) is 4. The van der Waals surface area contributed by atoms with E-state index in [1.54, 1.807) is 6.92 Å². The van der Waals surface area contributed by atoms with Crippen LogP contribution in [0.25, 0.3) is 0 Å². The molecule has 4 nitrogen and oxygen atoms in total. The highest BCUT2D eigenvalue weighted by molar-refractivity contribution is 4.79. The number of hydrogen-bond donors (Lipinski definition) is 2. The van der Waals surface area contributed by atoms with E-state index in [4.69, 9.17) is 9.47 Å². The fourth-order valence-corrected chi connectivity index (χ4v) is 1.72. The normalized spacial score (nSPS) is 37.0. The van der Waals surface area contributed by atoms with Crippen molar-refractivity contribution in [1.29, 1.82) is 0 Å². The molecule has 2 N–H and O–H groups in total. The zero-order valence-corrected chi connectivity index (χ0v) is 10.0. The van der Waals surface area contributed by atoms with Crippen molar-refractivity contribution in [3.8, 4) is 0 Å². The van der Waals surface area contributed by atoms with Gasteiger partial charge in [-0.25, -0.2) is 0 Å². The minimum absolute atomic E-state index is 0.0140. The lowest BCUT2D eigenvalue weighted by atomic mass is 10.0. The van der Waals surface area contributed by atoms with Crippen molar-refractivity contribution in [2.24, 2.45) is 0 Å². The molecule has 1 rings (SSSR count). The molecule has 0 spiro atoms. The first-order chi connectivity index (χ1) is 7.54. The molecule has 0 aromatic carbocycles. The van der Waals surface area contributed by atoms with Gasteiger partial charge in [-0.1, -0.05) is 6.08 Å². The minimum Gasteiger partial charge on any atom is -0.390 e. The molecule has 1 heterocycles. The van der Waals surface area contributed by atoms with E-state index in [1.165, 1.54) is 0 Å². The summed E-state index contributed by atoms with van der Waals surface area (Å²) in [7, 11) is 0. The summed E-state index contributed by atoms with van der Waals surface area (Å²) in [6.07, 6.45) is 1.61. The molecule has 0 aliphatic carbocycles. The summed E-state index contributed by atoms with van der Waals surface area (Å²) in [4.78, 5) is 0. The van der Waals surface area contributed by atoms with Crippen LogP contribution in [0.4, 0.5) is 0 Å². The fraction of sp³-hybridized carbons (Fsp3) is 0.833. The Morgan fingerprint density at radius 1 is 1.50 bits per heavy atom. The molecule has 0 aromatic heterocycles. The predicted molar refractivity (Wildman–Crippen MR) is 60.9 cm³/mol. The van der Waals surface area contributed by atoms with Crippen LogP contribution >= 0.6 is 0 Å². The van der Waals surface area contributed by atoms with Crippen molar-refractivity contribution in [3.63, 3.8) is 0 Å². The van der Waals surface area contributed by atoms with Crippen molar-refractivity contribution in [2.45, 2.75) is 63.8 Å². The van der Waals surface area contributed by atoms with Crippen LogP contribution in [0.3, 0.4) is 0 Å². The van der Waals surface area contributed by atoms with Gasteiger partial charge in [-0.2, -0.15) is 0 Å². The van der Waals surface area contributed by atoms with E-state index in [-0.39, 0.29) is 12.2 Å². The number of allylic oxidation sites excluding steroid dienone is 1. The molecule has 1 aliphatic heterocycles. The van der Waals surface area contributed by atoms with Crippen LogP contribution in [-0.2, 0) is 9.47 Å². The van der Waals surface area contributed by atoms with Crippen molar-refractivity contribution in [2.75, 3.05) is 0 Å². The van der Waals surface area contributed by atoms with Gasteiger partial charge in [0.15, 0.2) is 6.29 Å². The molecule has 1 aliphatic rings. The van der Waals surface area contributed by atoms with E-state index >= 15 is 0 Å². The quantitative estimate of drug-likeness (QED) is 0.697. The summed E-state index contributed by atoms with van der Waals surface area (Å²) in [5.74, 6) is 0. The monoisotopic (exact) mass is 230 g/mol. The van der Waals surface area contributed by atoms with E-state index in [9.17, 15) is 10.2 Å². The third-order valence-corrected chi connectivity index (χ3v) is 2.83. The molecule has 0 amide bonds. The molecule has 5 atom stereocenters. The predicted octanol–water partition coefficient (Wildman–Crippen LogP) is 1.21. The Morgan fingerprint density at radius 2 is 2.19 bits per heavy atom. The van der Waals surface area contributed by atoms with Crippen LogP contribution in [0, 0.1) is 0 Å². The largest absolute Gasteiger partial charge is 0.390 e. The third-order valence-electron chi connectivity index (χ3n) is 2.83. The molecule has 94 valence electrons. The Labute approximate surface area is 96.9 Å². The van der Waals surface area contributed by atoms with E-state index in [2.05, 4.69) is 6.58 Å². The Balaban J connectivity index is 2.38. The minimum atomic E-state index is -0.752. The molecule has 1 unspecified atom stereocenters. The first kappa shape index (κ1) is 13.6. The molecule has 0 bridgehead atoms. The number of rotatable bonds is 5. The van der Waals surface area contributed by atoms with Gasteiger partial charge in [0.05, 0.1) is 18.3 Å². The second-order valence-electron chi connectivity index (χ2n) is 4.39. The summed E-state index contributed by atoms with van der Waals surface area (Å²) in [5.41, 5.74) is 0. The van der Waals surface area contributed by atoms with Crippen LogP contribution in [-0.4, -0.2) is 40.9 Å². The Morgan fingerprint density at radius 3 is 2.81 bits per heavy atom. The maximum atomic E-state index is 9.70. The summed E-state index contributed by atoms with van der Waals surface area (Å²) < 4.78 is 11.0. The lowest BCUT2D eigenvalue weighted by Crippen LogP contribution is -2.48. The van der Waals surface area contributed by atoms with E-state index in [0.717, 1.165) is 12.8 Å². The first-order valence-electron chi connectivity index (χ1n) is 5.82. The van der Waals surface area contributed by atoms with Crippen molar-refractivity contribution in [3.05, 3.63) is 12.7 Å². The van der Waals surface area contributed by atoms with Gasteiger partial charge in [0.1, 0.15) is 6.10 Å². The molecule has 1 saturated heterocycles. The van der Waals surface area contributed by atoms with Crippen LogP contribution < -0.4 is 0 Å². The standard InChI is InChI=1S/C12H22O4/c1-4-5-6-8(2)15-12-11(14)7-10(13)9(3)16-12/h4,8-14H,1,5-7H2,2-3H3/t8?,9-,10+,11+,12+/m0/s1. The van der Waals surface area contributed by atoms with E-state index in [0.29, 0.717) is 6.42 Å². The first-order valence-corrected chi connectivity index (χ1v) is 5.82. The number of aliphatic hydroxyl groups is 2. The summed E-state index contributed by atoms with van der Waals surface area (Å²) in [6, 6.07) is 0. The van der Waals surface area contributed by atoms with Crippen molar-refractivity contribution in [1.82, 2.24) is 0 Å². The highest BCUT2D eigenvalue weighted by Crippen LogP contribution is 2.22. The van der Waals surface area contributed by atoms with Gasteiger partial charge in [-0.05, 0) is 26.7 Å². The highest BCUT2D eigenvalue weighted by atomic mass is 16.7. The van der Waals surface area contributed by atoms with Crippen LogP contribution in [0.5, 0.6) is 0 Å². The van der Waals surface area contributed by atoms with Gasteiger partial charge in [0.25, 0.3) is 0 Å². The molecule has 0 saturated carbocycles. The zero-order chi connectivity index (χ0) is 12.1. The van der Waals surface area contributed by atoms with Gasteiger partial charge >= 0.3 is 0 Å². The second-order valence-corrected chi connectivity index (χ2v) is 4.39. The molecule has 0 radical (unpaired) electrons. The molecule has 4 heteroatoms. The van der Waals surface area contributed by atoms with Gasteiger partial charge < -0.3 is 19.7 Å². The second kappa shape index (κ2) is 6.35. The molecule has 1 fully saturated rings. The molecule has 16 heavy (non-hydrogen) atoms. The fourth-order valence-electron chi connectivity index (χ4n) is 1.72. The SMILES string of the molecule is C=CCCC(C)O[C@@H]1O[C@@H](C)[C@H](O)C[C@H]1O. The van der Waals surface area contributed by atoms with Gasteiger partial charge in [-0.3, -0.25) is 0 Å². The topological polar surface area (TPSA) is 58.9 Å². The average Bonchev–Trinajstić information content (AvgIpc) is 2.23. The molecular formula is C12H22O4.